The number of allylic oxidation sites excluding steroid dienone is 2. The second-order valence-corrected chi connectivity index (χ2v) is 14.1. The standard InChI is InChI=1S/C35H42O9/c1-16(2)22-11-21(9-10-34(41,42)26-18(4)14-44-20(26)6)28(37)25-23(22)13-32(7)15-33(8)12-17(3)24(19(5)36)30(39)35(33,43)31(40)27(32)29(25)38/h11,14,16,37,40-43H,9-10,12-13,15H2,1-8H3. The molecule has 0 bridgehead atoms. The minimum atomic E-state index is -2.49. The Bertz CT molecular complexity index is 1680. The summed E-state index contributed by atoms with van der Waals surface area (Å²) in [7, 11) is 0. The number of aryl methyl sites for hydroxylation is 3. The van der Waals surface area contributed by atoms with Crippen LogP contribution in [0.2, 0.25) is 0 Å². The van der Waals surface area contributed by atoms with Crippen LogP contribution >= 0.6 is 0 Å². The van der Waals surface area contributed by atoms with E-state index in [1.54, 1.807) is 33.8 Å². The molecule has 5 N–H and O–H groups in total. The van der Waals surface area contributed by atoms with Gasteiger partial charge in [0.05, 0.1) is 23.0 Å². The molecule has 0 saturated carbocycles. The van der Waals surface area contributed by atoms with Gasteiger partial charge in [0.25, 0.3) is 0 Å². The summed E-state index contributed by atoms with van der Waals surface area (Å²) in [6.45, 7) is 13.7. The minimum absolute atomic E-state index is 0.00198. The van der Waals surface area contributed by atoms with Crippen LogP contribution in [0.5, 0.6) is 5.75 Å². The van der Waals surface area contributed by atoms with E-state index in [0.29, 0.717) is 28.0 Å². The quantitative estimate of drug-likeness (QED) is 0.223. The lowest BCUT2D eigenvalue weighted by Gasteiger charge is -2.56. The summed E-state index contributed by atoms with van der Waals surface area (Å²) in [4.78, 5) is 40.6. The van der Waals surface area contributed by atoms with Crippen LogP contribution in [0.25, 0.3) is 0 Å². The summed E-state index contributed by atoms with van der Waals surface area (Å²) in [5.41, 5.74) is -1.92. The van der Waals surface area contributed by atoms with Crippen molar-refractivity contribution in [3.8, 4) is 5.75 Å². The van der Waals surface area contributed by atoms with E-state index in [-0.39, 0.29) is 66.0 Å². The number of rotatable bonds is 6. The molecular formula is C35H42O9. The van der Waals surface area contributed by atoms with Gasteiger partial charge in [-0.2, -0.15) is 0 Å². The zero-order chi connectivity index (χ0) is 32.9. The molecule has 1 aromatic carbocycles. The largest absolute Gasteiger partial charge is 0.508 e. The lowest BCUT2D eigenvalue weighted by molar-refractivity contribution is -0.175. The Hall–Kier alpha value is -3.53. The summed E-state index contributed by atoms with van der Waals surface area (Å²) in [6, 6.07) is 1.80. The van der Waals surface area contributed by atoms with E-state index >= 15 is 0 Å². The van der Waals surface area contributed by atoms with Gasteiger partial charge in [0.1, 0.15) is 17.3 Å². The van der Waals surface area contributed by atoms with Crippen molar-refractivity contribution in [1.82, 2.24) is 0 Å². The van der Waals surface area contributed by atoms with Gasteiger partial charge in [0, 0.05) is 22.8 Å². The zero-order valence-corrected chi connectivity index (χ0v) is 26.6. The van der Waals surface area contributed by atoms with E-state index in [0.717, 1.165) is 5.56 Å². The average Bonchev–Trinajstić information content (AvgIpc) is 3.23. The first-order valence-electron chi connectivity index (χ1n) is 15.1. The van der Waals surface area contributed by atoms with Gasteiger partial charge in [0.15, 0.2) is 23.0 Å². The summed E-state index contributed by atoms with van der Waals surface area (Å²) >= 11 is 0. The van der Waals surface area contributed by atoms with Crippen LogP contribution in [0.3, 0.4) is 0 Å². The zero-order valence-electron chi connectivity index (χ0n) is 26.6. The smallest absolute Gasteiger partial charge is 0.206 e. The summed E-state index contributed by atoms with van der Waals surface area (Å²) < 4.78 is 5.34. The van der Waals surface area contributed by atoms with Crippen LogP contribution in [-0.2, 0) is 28.2 Å². The highest BCUT2D eigenvalue weighted by molar-refractivity contribution is 6.25. The molecule has 9 nitrogen and oxygen atoms in total. The van der Waals surface area contributed by atoms with Gasteiger partial charge in [-0.25, -0.2) is 0 Å². The first-order valence-corrected chi connectivity index (χ1v) is 15.1. The number of aromatic hydroxyl groups is 1. The number of aliphatic hydroxyl groups excluding tert-OH is 1. The molecule has 0 radical (unpaired) electrons. The van der Waals surface area contributed by atoms with Crippen molar-refractivity contribution in [2.24, 2.45) is 10.8 Å². The van der Waals surface area contributed by atoms with Crippen LogP contribution in [0.1, 0.15) is 111 Å². The molecule has 3 unspecified atom stereocenters. The Morgan fingerprint density at radius 3 is 2.27 bits per heavy atom. The highest BCUT2D eigenvalue weighted by Crippen LogP contribution is 2.62. The predicted molar refractivity (Wildman–Crippen MR) is 161 cm³/mol. The molecule has 0 amide bonds. The third-order valence-corrected chi connectivity index (χ3v) is 10.3. The first kappa shape index (κ1) is 31.9. The van der Waals surface area contributed by atoms with Gasteiger partial charge in [0.2, 0.25) is 5.78 Å². The fourth-order valence-corrected chi connectivity index (χ4v) is 8.49. The normalized spacial score (nSPS) is 27.1. The molecule has 3 atom stereocenters. The van der Waals surface area contributed by atoms with Gasteiger partial charge in [-0.3, -0.25) is 14.4 Å². The maximum atomic E-state index is 14.4. The summed E-state index contributed by atoms with van der Waals surface area (Å²) in [5, 5.41) is 57.2. The lowest BCUT2D eigenvalue weighted by atomic mass is 9.47. The molecule has 0 spiro atoms. The van der Waals surface area contributed by atoms with Crippen LogP contribution in [-0.4, -0.2) is 48.5 Å². The topological polar surface area (TPSA) is 165 Å². The molecule has 0 saturated heterocycles. The van der Waals surface area contributed by atoms with Crippen molar-refractivity contribution in [1.29, 1.82) is 0 Å². The molecule has 9 heteroatoms. The number of carbonyl (C=O) groups excluding carboxylic acids is 3. The van der Waals surface area contributed by atoms with E-state index in [4.69, 9.17) is 4.42 Å². The fourth-order valence-electron chi connectivity index (χ4n) is 8.49. The summed E-state index contributed by atoms with van der Waals surface area (Å²) in [6.07, 6.45) is 1.84. The molecule has 5 rings (SSSR count). The number of ketones is 3. The number of fused-ring (bicyclic) bond motifs is 3. The maximum Gasteiger partial charge on any atom is 0.206 e. The van der Waals surface area contributed by atoms with Crippen molar-refractivity contribution >= 4 is 17.3 Å². The highest BCUT2D eigenvalue weighted by atomic mass is 16.5. The Kier molecular flexibility index (Phi) is 7.24. The molecule has 2 aromatic rings. The van der Waals surface area contributed by atoms with E-state index in [9.17, 15) is 39.9 Å². The second-order valence-electron chi connectivity index (χ2n) is 14.1. The molecule has 44 heavy (non-hydrogen) atoms. The van der Waals surface area contributed by atoms with E-state index < -0.39 is 45.3 Å². The molecule has 0 fully saturated rings. The number of phenols is 1. The number of Topliss-reactive ketones (excluding diaryl/α,β-unsaturated/α-hetero) is 3. The number of phenolic OH excluding ortho intramolecular Hbond substituents is 1. The SMILES string of the molecule is CC(=O)C1=C(C)CC2(C)CC3(C)Cc4c(C(C)C)cc(CCC(O)(O)c5c(C)coc5C)c(O)c4C(=O)C3=C(O)C2(O)C1=O. The van der Waals surface area contributed by atoms with Crippen molar-refractivity contribution in [2.75, 3.05) is 0 Å². The molecular weight excluding hydrogens is 564 g/mol. The Balaban J connectivity index is 1.66. The predicted octanol–water partition coefficient (Wildman–Crippen LogP) is 5.07. The monoisotopic (exact) mass is 606 g/mol. The van der Waals surface area contributed by atoms with Gasteiger partial charge >= 0.3 is 0 Å². The molecule has 236 valence electrons. The van der Waals surface area contributed by atoms with Crippen LogP contribution in [0.15, 0.2) is 39.2 Å². The number of hydrogen-bond acceptors (Lipinski definition) is 9. The van der Waals surface area contributed by atoms with Gasteiger partial charge < -0.3 is 29.9 Å². The van der Waals surface area contributed by atoms with Crippen molar-refractivity contribution < 1.29 is 44.3 Å². The number of hydrogen-bond donors (Lipinski definition) is 5. The minimum Gasteiger partial charge on any atom is -0.508 e. The van der Waals surface area contributed by atoms with Crippen molar-refractivity contribution in [2.45, 2.75) is 105 Å². The van der Waals surface area contributed by atoms with Crippen LogP contribution < -0.4 is 0 Å². The van der Waals surface area contributed by atoms with Crippen molar-refractivity contribution in [3.05, 3.63) is 73.9 Å². The molecule has 1 heterocycles. The number of benzene rings is 1. The van der Waals surface area contributed by atoms with E-state index in [1.807, 2.05) is 20.8 Å². The third kappa shape index (κ3) is 4.27. The molecule has 3 aliphatic carbocycles. The van der Waals surface area contributed by atoms with E-state index in [1.165, 1.54) is 13.2 Å². The number of aliphatic hydroxyl groups is 4. The number of furan rings is 1. The Labute approximate surface area is 256 Å². The van der Waals surface area contributed by atoms with Gasteiger partial charge in [-0.1, -0.05) is 39.3 Å². The van der Waals surface area contributed by atoms with Gasteiger partial charge in [-0.15, -0.1) is 0 Å². The van der Waals surface area contributed by atoms with Gasteiger partial charge in [-0.05, 0) is 81.5 Å². The molecule has 3 aliphatic rings. The maximum absolute atomic E-state index is 14.4. The Morgan fingerprint density at radius 1 is 1.09 bits per heavy atom. The highest BCUT2D eigenvalue weighted by Gasteiger charge is 2.67. The molecule has 1 aromatic heterocycles. The molecule has 0 aliphatic heterocycles. The second kappa shape index (κ2) is 9.99. The third-order valence-electron chi connectivity index (χ3n) is 10.3. The van der Waals surface area contributed by atoms with Crippen LogP contribution in [0, 0.1) is 24.7 Å². The Morgan fingerprint density at radius 2 is 1.73 bits per heavy atom. The van der Waals surface area contributed by atoms with Crippen molar-refractivity contribution in [3.63, 3.8) is 0 Å². The lowest BCUT2D eigenvalue weighted by Crippen LogP contribution is -2.63. The number of carbonyl (C=O) groups is 3. The first-order chi connectivity index (χ1) is 20.2. The van der Waals surface area contributed by atoms with Crippen LogP contribution in [0.4, 0.5) is 0 Å². The van der Waals surface area contributed by atoms with E-state index in [2.05, 4.69) is 0 Å². The fraction of sp³-hybridized carbons (Fsp3) is 0.514. The summed E-state index contributed by atoms with van der Waals surface area (Å²) in [5.74, 6) is -5.23. The average molecular weight is 607 g/mol.